The van der Waals surface area contributed by atoms with Crippen LogP contribution in [0.3, 0.4) is 0 Å². The number of carbonyl (C=O) groups excluding carboxylic acids is 3. The van der Waals surface area contributed by atoms with E-state index in [1.54, 1.807) is 44.0 Å². The third-order valence-corrected chi connectivity index (χ3v) is 8.32. The maximum atomic E-state index is 14.0. The lowest BCUT2D eigenvalue weighted by Gasteiger charge is -2.47. The molecule has 3 aromatic carbocycles. The highest BCUT2D eigenvalue weighted by Crippen LogP contribution is 2.35. The molecule has 0 bridgehead atoms. The Hall–Kier alpha value is -3.94. The molecule has 0 saturated carbocycles. The highest BCUT2D eigenvalue weighted by Gasteiger charge is 2.37. The minimum Gasteiger partial charge on any atom is -0.350 e. The van der Waals surface area contributed by atoms with E-state index < -0.39 is 11.7 Å². The van der Waals surface area contributed by atoms with E-state index in [4.69, 9.17) is 11.6 Å². The topological polar surface area (TPSA) is 65.9 Å². The van der Waals surface area contributed by atoms with E-state index in [9.17, 15) is 14.4 Å². The fraction of sp³-hybridized carbons (Fsp3) is 0.303. The monoisotopic (exact) mass is 570 g/mol. The van der Waals surface area contributed by atoms with Gasteiger partial charge in [-0.2, -0.15) is 0 Å². The Kier molecular flexibility index (Phi) is 8.02. The van der Waals surface area contributed by atoms with Crippen LogP contribution < -0.4 is 0 Å². The fourth-order valence-corrected chi connectivity index (χ4v) is 6.10. The molecular formula is C33H35ClN4O3. The molecule has 212 valence electrons. The summed E-state index contributed by atoms with van der Waals surface area (Å²) in [6.45, 7) is 5.40. The zero-order chi connectivity index (χ0) is 29.4. The summed E-state index contributed by atoms with van der Waals surface area (Å²) >= 11 is 6.68. The molecule has 5 rings (SSSR count). The van der Waals surface area contributed by atoms with Crippen LogP contribution >= 0.6 is 11.6 Å². The quantitative estimate of drug-likeness (QED) is 0.229. The number of nitrogens with zero attached hydrogens (tertiary/aromatic N) is 4. The van der Waals surface area contributed by atoms with E-state index in [1.165, 1.54) is 16.0 Å². The summed E-state index contributed by atoms with van der Waals surface area (Å²) in [6.07, 6.45) is 1.62. The van der Waals surface area contributed by atoms with Crippen molar-refractivity contribution in [3.05, 3.63) is 106 Å². The Morgan fingerprint density at radius 3 is 2.00 bits per heavy atom. The van der Waals surface area contributed by atoms with Gasteiger partial charge in [0.2, 0.25) is 0 Å². The van der Waals surface area contributed by atoms with Crippen LogP contribution in [0.25, 0.3) is 10.9 Å². The third kappa shape index (κ3) is 5.39. The average Bonchev–Trinajstić information content (AvgIpc) is 3.29. The first-order valence-electron chi connectivity index (χ1n) is 13.8. The number of piperazine rings is 1. The lowest BCUT2D eigenvalue weighted by atomic mass is 9.93. The number of Topliss-reactive ketones (excluding diaryl/α,β-unsaturated/α-hetero) is 1. The highest BCUT2D eigenvalue weighted by molar-refractivity contribution is 6.45. The van der Waals surface area contributed by atoms with Crippen molar-refractivity contribution in [3.8, 4) is 0 Å². The minimum absolute atomic E-state index is 0.0548. The molecule has 0 aliphatic carbocycles. The summed E-state index contributed by atoms with van der Waals surface area (Å²) in [7, 11) is 4.87. The molecule has 8 heteroatoms. The van der Waals surface area contributed by atoms with E-state index in [0.29, 0.717) is 34.6 Å². The number of aryl methyl sites for hydroxylation is 1. The van der Waals surface area contributed by atoms with Gasteiger partial charge >= 0.3 is 0 Å². The minimum atomic E-state index is -0.621. The maximum Gasteiger partial charge on any atom is 0.294 e. The largest absolute Gasteiger partial charge is 0.350 e. The second-order valence-corrected chi connectivity index (χ2v) is 11.5. The van der Waals surface area contributed by atoms with Gasteiger partial charge in [-0.25, -0.2) is 0 Å². The number of benzene rings is 3. The summed E-state index contributed by atoms with van der Waals surface area (Å²) in [5, 5.41) is 0.850. The number of fused-ring (bicyclic) bond motifs is 1. The van der Waals surface area contributed by atoms with Crippen LogP contribution in [0, 0.1) is 0 Å². The number of hydrogen-bond acceptors (Lipinski definition) is 4. The van der Waals surface area contributed by atoms with Crippen molar-refractivity contribution in [3.63, 3.8) is 0 Å². The molecule has 1 saturated heterocycles. The van der Waals surface area contributed by atoms with Gasteiger partial charge in [-0.05, 0) is 37.1 Å². The van der Waals surface area contributed by atoms with Gasteiger partial charge in [0.25, 0.3) is 17.6 Å². The van der Waals surface area contributed by atoms with E-state index in [-0.39, 0.29) is 29.6 Å². The SMILES string of the molecule is C[C@@H]1CN(C(=O)c2cc3c(C(=O)C(=O)N(C)C)cn(C)c3cc2Cl)[C@@H](C)CN1C(c1ccccc1)c1ccccc1. The van der Waals surface area contributed by atoms with Crippen LogP contribution in [0.15, 0.2) is 79.0 Å². The van der Waals surface area contributed by atoms with Crippen molar-refractivity contribution in [2.45, 2.75) is 32.0 Å². The molecule has 0 spiro atoms. The first kappa shape index (κ1) is 28.6. The molecule has 2 atom stereocenters. The lowest BCUT2D eigenvalue weighted by molar-refractivity contribution is -0.124. The van der Waals surface area contributed by atoms with Gasteiger partial charge in [-0.3, -0.25) is 19.3 Å². The van der Waals surface area contributed by atoms with Gasteiger partial charge in [-0.15, -0.1) is 0 Å². The first-order chi connectivity index (χ1) is 19.6. The number of amides is 2. The number of ketones is 1. The molecule has 7 nitrogen and oxygen atoms in total. The van der Waals surface area contributed by atoms with Gasteiger partial charge in [-0.1, -0.05) is 72.3 Å². The number of hydrogen-bond donors (Lipinski definition) is 0. The third-order valence-electron chi connectivity index (χ3n) is 8.01. The Balaban J connectivity index is 1.46. The van der Waals surface area contributed by atoms with Crippen LogP contribution in [-0.4, -0.2) is 76.1 Å². The number of rotatable bonds is 6. The summed E-state index contributed by atoms with van der Waals surface area (Å²) < 4.78 is 1.75. The van der Waals surface area contributed by atoms with Gasteiger partial charge in [0, 0.05) is 57.9 Å². The zero-order valence-corrected chi connectivity index (χ0v) is 24.8. The van der Waals surface area contributed by atoms with Crippen LogP contribution in [-0.2, 0) is 11.8 Å². The van der Waals surface area contributed by atoms with Crippen LogP contribution in [0.5, 0.6) is 0 Å². The molecule has 2 amide bonds. The van der Waals surface area contributed by atoms with E-state index in [2.05, 4.69) is 67.3 Å². The Labute approximate surface area is 245 Å². The van der Waals surface area contributed by atoms with Gasteiger partial charge < -0.3 is 14.4 Å². The maximum absolute atomic E-state index is 14.0. The van der Waals surface area contributed by atoms with E-state index in [1.807, 2.05) is 17.0 Å². The van der Waals surface area contributed by atoms with Gasteiger partial charge in [0.15, 0.2) is 0 Å². The van der Waals surface area contributed by atoms with Crippen molar-refractivity contribution < 1.29 is 14.4 Å². The molecule has 1 aliphatic rings. The van der Waals surface area contributed by atoms with Crippen molar-refractivity contribution in [2.75, 3.05) is 27.2 Å². The molecule has 2 heterocycles. The van der Waals surface area contributed by atoms with Crippen molar-refractivity contribution in [1.82, 2.24) is 19.3 Å². The molecule has 0 unspecified atom stereocenters. The summed E-state index contributed by atoms with van der Waals surface area (Å²) in [4.78, 5) is 45.0. The molecule has 1 aromatic heterocycles. The first-order valence-corrected chi connectivity index (χ1v) is 14.2. The van der Waals surface area contributed by atoms with E-state index >= 15 is 0 Å². The standard InChI is InChI=1S/C33H35ClN4O3/c1-21-19-38(22(2)18-37(21)30(23-12-8-6-9-13-23)24-14-10-7-11-15-24)32(40)26-16-25-27(31(39)33(41)35(3)4)20-36(5)29(25)17-28(26)34/h6-17,20-22,30H,18-19H2,1-5H3/t21-,22+/m1/s1. The van der Waals surface area contributed by atoms with Gasteiger partial charge in [0.1, 0.15) is 0 Å². The zero-order valence-electron chi connectivity index (χ0n) is 24.0. The smallest absolute Gasteiger partial charge is 0.294 e. The van der Waals surface area contributed by atoms with Gasteiger partial charge in [0.05, 0.1) is 27.7 Å². The second kappa shape index (κ2) is 11.5. The molecule has 1 aliphatic heterocycles. The molecule has 4 aromatic rings. The van der Waals surface area contributed by atoms with E-state index in [0.717, 1.165) is 0 Å². The van der Waals surface area contributed by atoms with Crippen LogP contribution in [0.4, 0.5) is 0 Å². The number of carbonyl (C=O) groups is 3. The van der Waals surface area contributed by atoms with Crippen molar-refractivity contribution in [2.24, 2.45) is 7.05 Å². The summed E-state index contributed by atoms with van der Waals surface area (Å²) in [5.74, 6) is -1.43. The van der Waals surface area contributed by atoms with Crippen LogP contribution in [0.1, 0.15) is 51.7 Å². The van der Waals surface area contributed by atoms with Crippen molar-refractivity contribution in [1.29, 1.82) is 0 Å². The lowest BCUT2D eigenvalue weighted by Crippen LogP contribution is -2.58. The number of likely N-dealkylation sites (N-methyl/N-ethyl adjacent to an activating group) is 1. The predicted molar refractivity (Wildman–Crippen MR) is 162 cm³/mol. The highest BCUT2D eigenvalue weighted by atomic mass is 35.5. The fourth-order valence-electron chi connectivity index (χ4n) is 5.86. The molecule has 0 radical (unpaired) electrons. The Morgan fingerprint density at radius 1 is 0.854 bits per heavy atom. The summed E-state index contributed by atoms with van der Waals surface area (Å²) in [5.41, 5.74) is 3.68. The Morgan fingerprint density at radius 2 is 1.44 bits per heavy atom. The summed E-state index contributed by atoms with van der Waals surface area (Å²) in [6, 6.07) is 24.3. The average molecular weight is 571 g/mol. The Bertz CT molecular complexity index is 1560. The van der Waals surface area contributed by atoms with Crippen LogP contribution in [0.2, 0.25) is 5.02 Å². The number of aromatic nitrogens is 1. The molecule has 41 heavy (non-hydrogen) atoms. The second-order valence-electron chi connectivity index (χ2n) is 11.1. The van der Waals surface area contributed by atoms with Crippen molar-refractivity contribution >= 4 is 40.1 Å². The predicted octanol–water partition coefficient (Wildman–Crippen LogP) is 5.43. The normalized spacial score (nSPS) is 17.7. The molecule has 1 fully saturated rings. The number of halogens is 1. The molecule has 0 N–H and O–H groups in total. The molecular weight excluding hydrogens is 536 g/mol.